The summed E-state index contributed by atoms with van der Waals surface area (Å²) in [6, 6.07) is 8.38. The molecule has 0 saturated carbocycles. The van der Waals surface area contributed by atoms with E-state index in [2.05, 4.69) is 47.4 Å². The van der Waals surface area contributed by atoms with Crippen LogP contribution in [0.15, 0.2) is 35.8 Å². The smallest absolute Gasteiger partial charge is 0.0572 e. The van der Waals surface area contributed by atoms with Gasteiger partial charge in [0.15, 0.2) is 0 Å². The normalized spacial score (nSPS) is 12.4. The number of nitrogens with two attached hydrogens (primary N) is 1. The van der Waals surface area contributed by atoms with Crippen LogP contribution in [0.4, 0.5) is 5.69 Å². The highest BCUT2D eigenvalue weighted by atomic mass is 32.1. The lowest BCUT2D eigenvalue weighted by Crippen LogP contribution is -2.16. The van der Waals surface area contributed by atoms with Gasteiger partial charge in [-0.3, -0.25) is 4.98 Å². The van der Waals surface area contributed by atoms with Crippen LogP contribution < -0.4 is 10.6 Å². The SMILES string of the molecule is CC[C@@H](N)c1ccc(N(C)Cc2cccs2)cn1. The van der Waals surface area contributed by atoms with E-state index in [1.54, 1.807) is 11.3 Å². The first-order valence-electron chi connectivity index (χ1n) is 6.15. The van der Waals surface area contributed by atoms with E-state index in [4.69, 9.17) is 5.73 Å². The van der Waals surface area contributed by atoms with E-state index >= 15 is 0 Å². The van der Waals surface area contributed by atoms with Crippen LogP contribution in [-0.2, 0) is 6.54 Å². The molecule has 2 N–H and O–H groups in total. The first-order chi connectivity index (χ1) is 8.70. The molecule has 2 aromatic heterocycles. The molecule has 3 nitrogen and oxygen atoms in total. The Kier molecular flexibility index (Phi) is 4.33. The van der Waals surface area contributed by atoms with E-state index in [1.165, 1.54) is 4.88 Å². The van der Waals surface area contributed by atoms with Gasteiger partial charge >= 0.3 is 0 Å². The van der Waals surface area contributed by atoms with Gasteiger partial charge < -0.3 is 10.6 Å². The second kappa shape index (κ2) is 5.98. The summed E-state index contributed by atoms with van der Waals surface area (Å²) < 4.78 is 0. The average Bonchev–Trinajstić information content (AvgIpc) is 2.91. The first-order valence-corrected chi connectivity index (χ1v) is 7.03. The molecular formula is C14H19N3S. The first kappa shape index (κ1) is 13.1. The third-order valence-corrected chi connectivity index (χ3v) is 3.87. The molecule has 2 heterocycles. The standard InChI is InChI=1S/C14H19N3S/c1-3-13(15)14-7-6-11(9-16-14)17(2)10-12-5-4-8-18-12/h4-9,13H,3,10,15H2,1-2H3/t13-/m1/s1. The Morgan fingerprint density at radius 2 is 2.22 bits per heavy atom. The van der Waals surface area contributed by atoms with Crippen LogP contribution in [0.5, 0.6) is 0 Å². The van der Waals surface area contributed by atoms with Gasteiger partial charge in [-0.15, -0.1) is 11.3 Å². The molecule has 0 amide bonds. The Labute approximate surface area is 112 Å². The number of thiophene rings is 1. The highest BCUT2D eigenvalue weighted by molar-refractivity contribution is 7.09. The van der Waals surface area contributed by atoms with Crippen LogP contribution >= 0.6 is 11.3 Å². The fraction of sp³-hybridized carbons (Fsp3) is 0.357. The van der Waals surface area contributed by atoms with Crippen molar-refractivity contribution >= 4 is 17.0 Å². The van der Waals surface area contributed by atoms with Gasteiger partial charge in [0.25, 0.3) is 0 Å². The van der Waals surface area contributed by atoms with Gasteiger partial charge in [-0.05, 0) is 30.0 Å². The van der Waals surface area contributed by atoms with Gasteiger partial charge in [0.05, 0.1) is 24.1 Å². The molecule has 4 heteroatoms. The molecule has 0 aromatic carbocycles. The summed E-state index contributed by atoms with van der Waals surface area (Å²) in [7, 11) is 2.08. The van der Waals surface area contributed by atoms with Crippen LogP contribution in [0.2, 0.25) is 0 Å². The van der Waals surface area contributed by atoms with Crippen LogP contribution in [0.1, 0.15) is 30.0 Å². The minimum absolute atomic E-state index is 0.0432. The Morgan fingerprint density at radius 1 is 1.39 bits per heavy atom. The van der Waals surface area contributed by atoms with Crippen molar-refractivity contribution in [1.29, 1.82) is 0 Å². The van der Waals surface area contributed by atoms with E-state index in [9.17, 15) is 0 Å². The summed E-state index contributed by atoms with van der Waals surface area (Å²) in [5.41, 5.74) is 8.04. The second-order valence-electron chi connectivity index (χ2n) is 4.39. The van der Waals surface area contributed by atoms with Gasteiger partial charge in [-0.2, -0.15) is 0 Å². The molecule has 0 aliphatic rings. The van der Waals surface area contributed by atoms with Crippen molar-refractivity contribution in [2.45, 2.75) is 25.9 Å². The largest absolute Gasteiger partial charge is 0.368 e. The molecule has 2 rings (SSSR count). The van der Waals surface area contributed by atoms with Gasteiger partial charge in [-0.25, -0.2) is 0 Å². The lowest BCUT2D eigenvalue weighted by Gasteiger charge is -2.18. The van der Waals surface area contributed by atoms with Crippen LogP contribution in [0.3, 0.4) is 0 Å². The Morgan fingerprint density at radius 3 is 2.78 bits per heavy atom. The van der Waals surface area contributed by atoms with E-state index in [0.29, 0.717) is 0 Å². The van der Waals surface area contributed by atoms with Crippen LogP contribution in [-0.4, -0.2) is 12.0 Å². The second-order valence-corrected chi connectivity index (χ2v) is 5.42. The maximum absolute atomic E-state index is 5.96. The van der Waals surface area contributed by atoms with Crippen molar-refractivity contribution in [3.63, 3.8) is 0 Å². The van der Waals surface area contributed by atoms with E-state index in [-0.39, 0.29) is 6.04 Å². The van der Waals surface area contributed by atoms with Gasteiger partial charge in [0.1, 0.15) is 0 Å². The Balaban J connectivity index is 2.04. The Hall–Kier alpha value is -1.39. The van der Waals surface area contributed by atoms with E-state index < -0.39 is 0 Å². The molecular weight excluding hydrogens is 242 g/mol. The van der Waals surface area contributed by atoms with Crippen molar-refractivity contribution < 1.29 is 0 Å². The third-order valence-electron chi connectivity index (χ3n) is 3.00. The molecule has 0 aliphatic carbocycles. The van der Waals surface area contributed by atoms with Gasteiger partial charge in [0, 0.05) is 18.0 Å². The van der Waals surface area contributed by atoms with Crippen molar-refractivity contribution in [2.24, 2.45) is 5.73 Å². The summed E-state index contributed by atoms with van der Waals surface area (Å²) in [6.07, 6.45) is 2.82. The van der Waals surface area contributed by atoms with E-state index in [1.807, 2.05) is 12.3 Å². The lowest BCUT2D eigenvalue weighted by molar-refractivity contribution is 0.675. The number of anilines is 1. The molecule has 0 bridgehead atoms. The Bertz CT molecular complexity index is 464. The molecule has 0 spiro atoms. The zero-order valence-electron chi connectivity index (χ0n) is 10.8. The summed E-state index contributed by atoms with van der Waals surface area (Å²) in [4.78, 5) is 7.98. The number of rotatable bonds is 5. The van der Waals surface area contributed by atoms with Crippen LogP contribution in [0, 0.1) is 0 Å². The third kappa shape index (κ3) is 3.09. The predicted octanol–water partition coefficient (Wildman–Crippen LogP) is 3.19. The number of hydrogen-bond acceptors (Lipinski definition) is 4. The number of nitrogens with zero attached hydrogens (tertiary/aromatic N) is 2. The topological polar surface area (TPSA) is 42.1 Å². The van der Waals surface area contributed by atoms with Crippen LogP contribution in [0.25, 0.3) is 0 Å². The summed E-state index contributed by atoms with van der Waals surface area (Å²) in [6.45, 7) is 2.99. The van der Waals surface area contributed by atoms with Crippen molar-refractivity contribution in [3.05, 3.63) is 46.4 Å². The molecule has 18 heavy (non-hydrogen) atoms. The van der Waals surface area contributed by atoms with Crippen molar-refractivity contribution in [1.82, 2.24) is 4.98 Å². The molecule has 2 aromatic rings. The fourth-order valence-corrected chi connectivity index (χ4v) is 2.54. The zero-order valence-corrected chi connectivity index (χ0v) is 11.7. The predicted molar refractivity (Wildman–Crippen MR) is 77.9 cm³/mol. The minimum atomic E-state index is 0.0432. The van der Waals surface area contributed by atoms with Gasteiger partial charge in [0.2, 0.25) is 0 Å². The monoisotopic (exact) mass is 261 g/mol. The number of aromatic nitrogens is 1. The lowest BCUT2D eigenvalue weighted by atomic mass is 10.1. The fourth-order valence-electron chi connectivity index (χ4n) is 1.78. The molecule has 0 aliphatic heterocycles. The maximum atomic E-state index is 5.96. The highest BCUT2D eigenvalue weighted by Gasteiger charge is 2.07. The molecule has 0 unspecified atom stereocenters. The number of pyridine rings is 1. The highest BCUT2D eigenvalue weighted by Crippen LogP contribution is 2.19. The summed E-state index contributed by atoms with van der Waals surface area (Å²) in [5.74, 6) is 0. The molecule has 0 fully saturated rings. The summed E-state index contributed by atoms with van der Waals surface area (Å²) >= 11 is 1.78. The summed E-state index contributed by atoms with van der Waals surface area (Å²) in [5, 5.41) is 2.10. The van der Waals surface area contributed by atoms with Crippen molar-refractivity contribution in [3.8, 4) is 0 Å². The number of hydrogen-bond donors (Lipinski definition) is 1. The average molecular weight is 261 g/mol. The maximum Gasteiger partial charge on any atom is 0.0572 e. The van der Waals surface area contributed by atoms with Crippen molar-refractivity contribution in [2.75, 3.05) is 11.9 Å². The zero-order chi connectivity index (χ0) is 13.0. The minimum Gasteiger partial charge on any atom is -0.368 e. The quantitative estimate of drug-likeness (QED) is 0.898. The van der Waals surface area contributed by atoms with E-state index in [0.717, 1.165) is 24.3 Å². The van der Waals surface area contributed by atoms with Gasteiger partial charge in [-0.1, -0.05) is 13.0 Å². The molecule has 0 radical (unpaired) electrons. The molecule has 0 saturated heterocycles. The molecule has 96 valence electrons. The molecule has 1 atom stereocenters.